The first kappa shape index (κ1) is 17.7. The van der Waals surface area contributed by atoms with Crippen LogP contribution in [0.3, 0.4) is 0 Å². The van der Waals surface area contributed by atoms with Gasteiger partial charge in [0.05, 0.1) is 48.8 Å². The molecule has 1 aromatic rings. The van der Waals surface area contributed by atoms with Gasteiger partial charge in [-0.2, -0.15) is 0 Å². The van der Waals surface area contributed by atoms with Gasteiger partial charge >= 0.3 is 5.97 Å². The zero-order valence-electron chi connectivity index (χ0n) is 15.3. The topological polar surface area (TPSA) is 109 Å². The Hall–Kier alpha value is -1.41. The third kappa shape index (κ3) is 1.93. The molecular weight excluding hydrogens is 352 g/mol. The Morgan fingerprint density at radius 3 is 2.70 bits per heavy atom. The highest BCUT2D eigenvalue weighted by molar-refractivity contribution is 5.81. The molecule has 1 aromatic heterocycles. The van der Waals surface area contributed by atoms with Crippen molar-refractivity contribution in [2.45, 2.75) is 56.5 Å². The molecule has 0 unspecified atom stereocenters. The van der Waals surface area contributed by atoms with Crippen LogP contribution in [-0.4, -0.2) is 52.3 Å². The molecule has 27 heavy (non-hydrogen) atoms. The van der Waals surface area contributed by atoms with Gasteiger partial charge < -0.3 is 29.2 Å². The summed E-state index contributed by atoms with van der Waals surface area (Å²) in [5.74, 6) is -0.682. The van der Waals surface area contributed by atoms with Crippen LogP contribution in [-0.2, 0) is 14.3 Å². The van der Waals surface area contributed by atoms with Crippen molar-refractivity contribution in [2.24, 2.45) is 22.7 Å². The number of hydrogen-bond acceptors (Lipinski definition) is 7. The number of cyclic esters (lactones) is 1. The molecule has 0 radical (unpaired) electrons. The van der Waals surface area contributed by atoms with E-state index in [0.717, 1.165) is 5.56 Å². The lowest BCUT2D eigenvalue weighted by atomic mass is 9.39. The number of carbonyl (C=O) groups is 1. The second-order valence-corrected chi connectivity index (χ2v) is 8.98. The van der Waals surface area contributed by atoms with Crippen molar-refractivity contribution in [3.05, 3.63) is 24.2 Å². The monoisotopic (exact) mass is 378 g/mol. The molecule has 7 nitrogen and oxygen atoms in total. The molecule has 2 aliphatic heterocycles. The third-order valence-electron chi connectivity index (χ3n) is 8.13. The number of ether oxygens (including phenoxy) is 2. The van der Waals surface area contributed by atoms with Gasteiger partial charge in [0.2, 0.25) is 0 Å². The maximum atomic E-state index is 13.3. The van der Waals surface area contributed by atoms with Gasteiger partial charge in [0.25, 0.3) is 0 Å². The molecular formula is C20H26O7. The second kappa shape index (κ2) is 5.56. The summed E-state index contributed by atoms with van der Waals surface area (Å²) in [5, 5.41) is 31.8. The first-order valence-electron chi connectivity index (χ1n) is 9.74. The Morgan fingerprint density at radius 2 is 2.07 bits per heavy atom. The summed E-state index contributed by atoms with van der Waals surface area (Å²) >= 11 is 0. The number of furan rings is 1. The van der Waals surface area contributed by atoms with E-state index in [-0.39, 0.29) is 30.8 Å². The normalized spacial score (nSPS) is 51.4. The molecule has 4 fully saturated rings. The summed E-state index contributed by atoms with van der Waals surface area (Å²) in [6.07, 6.45) is 3.00. The van der Waals surface area contributed by atoms with E-state index in [9.17, 15) is 20.1 Å². The Labute approximate surface area is 157 Å². The molecule has 2 spiro atoms. The molecule has 3 heterocycles. The number of rotatable bonds is 2. The van der Waals surface area contributed by atoms with E-state index < -0.39 is 34.7 Å². The number of fused-ring (bicyclic) bond motifs is 1. The van der Waals surface area contributed by atoms with Crippen molar-refractivity contribution in [1.82, 2.24) is 0 Å². The fraction of sp³-hybridized carbons (Fsp3) is 0.750. The number of carbonyl (C=O) groups excluding carboxylic acids is 1. The highest BCUT2D eigenvalue weighted by atomic mass is 16.6. The standard InChI is InChI=1S/C20H26O7/c1-11-4-16(23)20-10-26-18(20,9-21)6-13(22)5-15(20)19(11)7-14(27-17(19)24)12-2-3-25-8-12/h2-3,8,11,13-16,21-23H,4-7,9-10H2,1H3/t11-,13-,14+,15+,16+,18-,19-,20-/m0/s1. The van der Waals surface area contributed by atoms with Crippen LogP contribution >= 0.6 is 0 Å². The lowest BCUT2D eigenvalue weighted by Gasteiger charge is -2.71. The molecule has 148 valence electrons. The minimum Gasteiger partial charge on any atom is -0.472 e. The summed E-state index contributed by atoms with van der Waals surface area (Å²) in [5.41, 5.74) is -1.71. The summed E-state index contributed by atoms with van der Waals surface area (Å²) in [7, 11) is 0. The van der Waals surface area contributed by atoms with E-state index in [2.05, 4.69) is 0 Å². The van der Waals surface area contributed by atoms with Crippen LogP contribution in [0, 0.1) is 22.7 Å². The zero-order chi connectivity index (χ0) is 19.0. The van der Waals surface area contributed by atoms with Crippen LogP contribution in [0.2, 0.25) is 0 Å². The van der Waals surface area contributed by atoms with Crippen LogP contribution in [0.4, 0.5) is 0 Å². The van der Waals surface area contributed by atoms with Crippen LogP contribution in [0.5, 0.6) is 0 Å². The van der Waals surface area contributed by atoms with Gasteiger partial charge in [-0.1, -0.05) is 6.92 Å². The van der Waals surface area contributed by atoms with Crippen molar-refractivity contribution in [3.8, 4) is 0 Å². The Bertz CT molecular complexity index is 744. The van der Waals surface area contributed by atoms with Crippen molar-refractivity contribution in [2.75, 3.05) is 13.2 Å². The predicted molar refractivity (Wildman–Crippen MR) is 91.3 cm³/mol. The largest absolute Gasteiger partial charge is 0.472 e. The SMILES string of the molecule is C[C@H]1C[C@@H](O)[C@@]23CO[C@]2(CO)C[C@@H](O)C[C@@H]3[C@]12C[C@H](c1ccoc1)OC2=O. The summed E-state index contributed by atoms with van der Waals surface area (Å²) in [6, 6.07) is 1.80. The lowest BCUT2D eigenvalue weighted by molar-refractivity contribution is -0.382. The van der Waals surface area contributed by atoms with Crippen molar-refractivity contribution in [1.29, 1.82) is 0 Å². The predicted octanol–water partition coefficient (Wildman–Crippen LogP) is 1.17. The van der Waals surface area contributed by atoms with Crippen molar-refractivity contribution < 1.29 is 34.0 Å². The average Bonchev–Trinajstić information content (AvgIpc) is 3.24. The summed E-state index contributed by atoms with van der Waals surface area (Å²) < 4.78 is 16.8. The zero-order valence-corrected chi connectivity index (χ0v) is 15.3. The lowest BCUT2D eigenvalue weighted by Crippen LogP contribution is -2.80. The minimum absolute atomic E-state index is 0.102. The van der Waals surface area contributed by atoms with Gasteiger partial charge in [0.15, 0.2) is 0 Å². The van der Waals surface area contributed by atoms with E-state index in [1.807, 2.05) is 6.92 Å². The summed E-state index contributed by atoms with van der Waals surface area (Å²) in [6.45, 7) is 2.00. The highest BCUT2D eigenvalue weighted by Gasteiger charge is 2.78. The molecule has 0 bridgehead atoms. The Kier molecular flexibility index (Phi) is 3.64. The van der Waals surface area contributed by atoms with Gasteiger partial charge in [-0.3, -0.25) is 4.79 Å². The van der Waals surface area contributed by atoms with Gasteiger partial charge in [-0.25, -0.2) is 0 Å². The second-order valence-electron chi connectivity index (χ2n) is 8.98. The molecule has 4 aliphatic rings. The molecule has 5 rings (SSSR count). The first-order chi connectivity index (χ1) is 12.9. The molecule has 7 heteroatoms. The average molecular weight is 378 g/mol. The van der Waals surface area contributed by atoms with Crippen molar-refractivity contribution in [3.63, 3.8) is 0 Å². The van der Waals surface area contributed by atoms with E-state index >= 15 is 0 Å². The van der Waals surface area contributed by atoms with Gasteiger partial charge in [-0.15, -0.1) is 0 Å². The van der Waals surface area contributed by atoms with Crippen LogP contribution in [0.1, 0.15) is 44.3 Å². The van der Waals surface area contributed by atoms with Crippen molar-refractivity contribution >= 4 is 5.97 Å². The van der Waals surface area contributed by atoms with E-state index in [1.54, 1.807) is 18.6 Å². The molecule has 2 aliphatic carbocycles. The third-order valence-corrected chi connectivity index (χ3v) is 8.13. The smallest absolute Gasteiger partial charge is 0.313 e. The van der Waals surface area contributed by atoms with E-state index in [1.165, 1.54) is 0 Å². The van der Waals surface area contributed by atoms with Crippen LogP contribution in [0.25, 0.3) is 0 Å². The molecule has 0 aromatic carbocycles. The maximum Gasteiger partial charge on any atom is 0.313 e. The number of aliphatic hydroxyl groups is 3. The van der Waals surface area contributed by atoms with E-state index in [4.69, 9.17) is 13.9 Å². The molecule has 3 N–H and O–H groups in total. The van der Waals surface area contributed by atoms with Crippen LogP contribution in [0.15, 0.2) is 23.0 Å². The quantitative estimate of drug-likeness (QED) is 0.663. The number of hydrogen-bond donors (Lipinski definition) is 3. The Morgan fingerprint density at radius 1 is 1.26 bits per heavy atom. The number of esters is 1. The van der Waals surface area contributed by atoms with Gasteiger partial charge in [0.1, 0.15) is 11.7 Å². The number of aliphatic hydroxyl groups excluding tert-OH is 3. The van der Waals surface area contributed by atoms with Gasteiger partial charge in [-0.05, 0) is 30.7 Å². The molecule has 0 amide bonds. The molecule has 2 saturated carbocycles. The molecule has 8 atom stereocenters. The first-order valence-corrected chi connectivity index (χ1v) is 9.74. The maximum absolute atomic E-state index is 13.3. The minimum atomic E-state index is -0.990. The highest BCUT2D eigenvalue weighted by Crippen LogP contribution is 2.71. The van der Waals surface area contributed by atoms with E-state index in [0.29, 0.717) is 25.9 Å². The van der Waals surface area contributed by atoms with Gasteiger partial charge in [0, 0.05) is 18.4 Å². The Balaban J connectivity index is 1.61. The fourth-order valence-electron chi connectivity index (χ4n) is 6.72. The molecule has 2 saturated heterocycles. The van der Waals surface area contributed by atoms with Crippen LogP contribution < -0.4 is 0 Å². The fourth-order valence-corrected chi connectivity index (χ4v) is 6.72. The summed E-state index contributed by atoms with van der Waals surface area (Å²) in [4.78, 5) is 13.3.